The molecule has 1 aliphatic carbocycles. The van der Waals surface area contributed by atoms with Crippen LogP contribution in [0, 0.1) is 5.92 Å². The molecule has 1 amide bonds. The molecule has 4 heteroatoms. The molecule has 2 rings (SSSR count). The third-order valence-corrected chi connectivity index (χ3v) is 4.21. The summed E-state index contributed by atoms with van der Waals surface area (Å²) in [6, 6.07) is 9.31. The van der Waals surface area contributed by atoms with Crippen molar-refractivity contribution in [1.82, 2.24) is 5.32 Å². The van der Waals surface area contributed by atoms with E-state index in [-0.39, 0.29) is 12.5 Å². The molecular formula is C17H25NO3. The maximum Gasteiger partial charge on any atom is 0.261 e. The Morgan fingerprint density at radius 1 is 1.48 bits per heavy atom. The second-order valence-electron chi connectivity index (χ2n) is 6.20. The highest BCUT2D eigenvalue weighted by molar-refractivity contribution is 5.81. The number of amides is 1. The quantitative estimate of drug-likeness (QED) is 0.876. The molecule has 3 atom stereocenters. The van der Waals surface area contributed by atoms with E-state index in [0.717, 1.165) is 25.7 Å². The van der Waals surface area contributed by atoms with Crippen LogP contribution in [0.25, 0.3) is 0 Å². The van der Waals surface area contributed by atoms with E-state index >= 15 is 0 Å². The molecule has 0 saturated heterocycles. The van der Waals surface area contributed by atoms with Gasteiger partial charge in [-0.3, -0.25) is 4.79 Å². The number of benzene rings is 1. The van der Waals surface area contributed by atoms with E-state index in [2.05, 4.69) is 12.2 Å². The first-order chi connectivity index (χ1) is 10.0. The largest absolute Gasteiger partial charge is 0.481 e. The smallest absolute Gasteiger partial charge is 0.261 e. The predicted molar refractivity (Wildman–Crippen MR) is 82.1 cm³/mol. The Morgan fingerprint density at radius 3 is 2.81 bits per heavy atom. The summed E-state index contributed by atoms with van der Waals surface area (Å²) in [6.45, 7) is 3.89. The molecular weight excluding hydrogens is 266 g/mol. The van der Waals surface area contributed by atoms with Crippen LogP contribution >= 0.6 is 0 Å². The van der Waals surface area contributed by atoms with Crippen molar-refractivity contribution in [1.29, 1.82) is 0 Å². The summed E-state index contributed by atoms with van der Waals surface area (Å²) in [6.07, 6.45) is 3.28. The number of ether oxygens (including phenoxy) is 1. The highest BCUT2D eigenvalue weighted by Crippen LogP contribution is 2.32. The predicted octanol–water partition coefficient (Wildman–Crippen LogP) is 2.51. The van der Waals surface area contributed by atoms with Crippen molar-refractivity contribution in [2.45, 2.75) is 51.2 Å². The molecule has 1 saturated carbocycles. The SMILES string of the molecule is CC1CCCC(CO)(NC(=O)C(C)Oc2ccccc2)C1. The lowest BCUT2D eigenvalue weighted by molar-refractivity contribution is -0.130. The molecule has 0 bridgehead atoms. The first-order valence-electron chi connectivity index (χ1n) is 7.69. The van der Waals surface area contributed by atoms with E-state index < -0.39 is 11.6 Å². The van der Waals surface area contributed by atoms with E-state index in [4.69, 9.17) is 4.74 Å². The van der Waals surface area contributed by atoms with Gasteiger partial charge in [-0.1, -0.05) is 38.0 Å². The Balaban J connectivity index is 1.95. The van der Waals surface area contributed by atoms with Crippen molar-refractivity contribution < 1.29 is 14.6 Å². The molecule has 0 radical (unpaired) electrons. The lowest BCUT2D eigenvalue weighted by Gasteiger charge is -2.39. The number of carbonyl (C=O) groups excluding carboxylic acids is 1. The number of hydrogen-bond donors (Lipinski definition) is 2. The molecule has 1 aromatic rings. The summed E-state index contributed by atoms with van der Waals surface area (Å²) >= 11 is 0. The first-order valence-corrected chi connectivity index (χ1v) is 7.69. The van der Waals surface area contributed by atoms with Gasteiger partial charge in [0.05, 0.1) is 12.1 Å². The molecule has 2 N–H and O–H groups in total. The summed E-state index contributed by atoms with van der Waals surface area (Å²) in [7, 11) is 0. The normalized spacial score (nSPS) is 26.9. The fourth-order valence-electron chi connectivity index (χ4n) is 3.08. The highest BCUT2D eigenvalue weighted by atomic mass is 16.5. The van der Waals surface area contributed by atoms with Crippen molar-refractivity contribution in [3.8, 4) is 5.75 Å². The van der Waals surface area contributed by atoms with Gasteiger partial charge in [0.25, 0.3) is 5.91 Å². The summed E-state index contributed by atoms with van der Waals surface area (Å²) < 4.78 is 5.64. The molecule has 4 nitrogen and oxygen atoms in total. The molecule has 0 spiro atoms. The Labute approximate surface area is 126 Å². The van der Waals surface area contributed by atoms with Crippen LogP contribution < -0.4 is 10.1 Å². The summed E-state index contributed by atoms with van der Waals surface area (Å²) in [4.78, 5) is 12.3. The van der Waals surface area contributed by atoms with Gasteiger partial charge in [0, 0.05) is 0 Å². The van der Waals surface area contributed by atoms with E-state index in [9.17, 15) is 9.90 Å². The molecule has 1 aliphatic rings. The van der Waals surface area contributed by atoms with Crippen molar-refractivity contribution in [2.24, 2.45) is 5.92 Å². The number of carbonyl (C=O) groups is 1. The molecule has 1 fully saturated rings. The van der Waals surface area contributed by atoms with Gasteiger partial charge in [0.15, 0.2) is 6.10 Å². The monoisotopic (exact) mass is 291 g/mol. The van der Waals surface area contributed by atoms with Crippen LogP contribution in [0.4, 0.5) is 0 Å². The minimum Gasteiger partial charge on any atom is -0.481 e. The summed E-state index contributed by atoms with van der Waals surface area (Å²) in [5.41, 5.74) is -0.483. The van der Waals surface area contributed by atoms with Gasteiger partial charge in [0.2, 0.25) is 0 Å². The molecule has 0 aromatic heterocycles. The van der Waals surface area contributed by atoms with Crippen LogP contribution in [0.15, 0.2) is 30.3 Å². The van der Waals surface area contributed by atoms with Gasteiger partial charge in [0.1, 0.15) is 5.75 Å². The number of nitrogens with one attached hydrogen (secondary N) is 1. The average Bonchev–Trinajstić information content (AvgIpc) is 2.48. The maximum absolute atomic E-state index is 12.3. The Bertz CT molecular complexity index is 462. The van der Waals surface area contributed by atoms with Crippen LogP contribution in [0.1, 0.15) is 39.5 Å². The van der Waals surface area contributed by atoms with Gasteiger partial charge in [-0.05, 0) is 37.8 Å². The second kappa shape index (κ2) is 6.94. The van der Waals surface area contributed by atoms with E-state index in [1.807, 2.05) is 30.3 Å². The van der Waals surface area contributed by atoms with E-state index in [0.29, 0.717) is 11.7 Å². The zero-order chi connectivity index (χ0) is 15.3. The fourth-order valence-corrected chi connectivity index (χ4v) is 3.08. The van der Waals surface area contributed by atoms with Gasteiger partial charge in [-0.2, -0.15) is 0 Å². The van der Waals surface area contributed by atoms with Gasteiger partial charge >= 0.3 is 0 Å². The third-order valence-electron chi connectivity index (χ3n) is 4.21. The molecule has 21 heavy (non-hydrogen) atoms. The van der Waals surface area contributed by atoms with E-state index in [1.165, 1.54) is 0 Å². The van der Waals surface area contributed by atoms with Crippen LogP contribution in [0.5, 0.6) is 5.75 Å². The van der Waals surface area contributed by atoms with Crippen molar-refractivity contribution in [2.75, 3.05) is 6.61 Å². The molecule has 116 valence electrons. The Hall–Kier alpha value is -1.55. The zero-order valence-electron chi connectivity index (χ0n) is 12.8. The molecule has 0 aliphatic heterocycles. The van der Waals surface area contributed by atoms with Crippen LogP contribution in [-0.4, -0.2) is 29.3 Å². The maximum atomic E-state index is 12.3. The van der Waals surface area contributed by atoms with E-state index in [1.54, 1.807) is 6.92 Å². The van der Waals surface area contributed by atoms with Crippen LogP contribution in [0.3, 0.4) is 0 Å². The molecule has 1 aromatic carbocycles. The second-order valence-corrected chi connectivity index (χ2v) is 6.20. The minimum absolute atomic E-state index is 0.0128. The number of hydrogen-bond acceptors (Lipinski definition) is 3. The standard InChI is InChI=1S/C17H25NO3/c1-13-7-6-10-17(11-13,12-19)18-16(20)14(2)21-15-8-4-3-5-9-15/h3-5,8-9,13-14,19H,6-7,10-12H2,1-2H3,(H,18,20). The molecule has 3 unspecified atom stereocenters. The lowest BCUT2D eigenvalue weighted by atomic mass is 9.76. The zero-order valence-corrected chi connectivity index (χ0v) is 12.8. The van der Waals surface area contributed by atoms with Crippen molar-refractivity contribution in [3.63, 3.8) is 0 Å². The first kappa shape index (κ1) is 15.8. The Morgan fingerprint density at radius 2 is 2.19 bits per heavy atom. The number of rotatable bonds is 5. The fraction of sp³-hybridized carbons (Fsp3) is 0.588. The topological polar surface area (TPSA) is 58.6 Å². The van der Waals surface area contributed by atoms with Gasteiger partial charge < -0.3 is 15.2 Å². The average molecular weight is 291 g/mol. The van der Waals surface area contributed by atoms with Gasteiger partial charge in [-0.25, -0.2) is 0 Å². The number of para-hydroxylation sites is 1. The number of aliphatic hydroxyl groups is 1. The highest BCUT2D eigenvalue weighted by Gasteiger charge is 2.36. The summed E-state index contributed by atoms with van der Waals surface area (Å²) in [5.74, 6) is 1.04. The van der Waals surface area contributed by atoms with Crippen LogP contribution in [-0.2, 0) is 4.79 Å². The van der Waals surface area contributed by atoms with Crippen molar-refractivity contribution in [3.05, 3.63) is 30.3 Å². The third kappa shape index (κ3) is 4.21. The molecule has 0 heterocycles. The summed E-state index contributed by atoms with van der Waals surface area (Å²) in [5, 5.41) is 12.7. The van der Waals surface area contributed by atoms with Crippen molar-refractivity contribution >= 4 is 5.91 Å². The Kier molecular flexibility index (Phi) is 5.23. The lowest BCUT2D eigenvalue weighted by Crippen LogP contribution is -2.56. The van der Waals surface area contributed by atoms with Crippen LogP contribution in [0.2, 0.25) is 0 Å². The van der Waals surface area contributed by atoms with Gasteiger partial charge in [-0.15, -0.1) is 0 Å². The minimum atomic E-state index is -0.576. The number of aliphatic hydroxyl groups excluding tert-OH is 1.